The third-order valence-electron chi connectivity index (χ3n) is 6.52. The molecule has 1 saturated carbocycles. The third-order valence-corrected chi connectivity index (χ3v) is 6.52. The standard InChI is InChI=1S/C26H23N5O3/c1-14-23(15(2)34-31-14)17-11-19(24-20(12-17)29-25(30-24)16-6-7-16)26(33,21-5-3-4-10-27-21)18-8-9-22(32)28-13-18/h3-5,8-13,16,33H,6-7H2,1-2H3,(H,28,32)(H,29,30). The van der Waals surface area contributed by atoms with Crippen molar-refractivity contribution in [3.05, 3.63) is 99.3 Å². The van der Waals surface area contributed by atoms with Crippen LogP contribution in [-0.4, -0.2) is 30.2 Å². The first-order valence-electron chi connectivity index (χ1n) is 11.3. The molecule has 0 bridgehead atoms. The predicted molar refractivity (Wildman–Crippen MR) is 126 cm³/mol. The topological polar surface area (TPSA) is 121 Å². The number of nitrogens with one attached hydrogen (secondary N) is 2. The first-order valence-corrected chi connectivity index (χ1v) is 11.3. The molecule has 1 unspecified atom stereocenters. The second-order valence-electron chi connectivity index (χ2n) is 8.88. The molecular formula is C26H23N5O3. The number of hydrogen-bond acceptors (Lipinski definition) is 6. The molecule has 0 radical (unpaired) electrons. The molecule has 4 heterocycles. The Bertz CT molecular complexity index is 1540. The maximum atomic E-state index is 12.5. The molecular weight excluding hydrogens is 430 g/mol. The highest BCUT2D eigenvalue weighted by atomic mass is 16.5. The van der Waals surface area contributed by atoms with E-state index < -0.39 is 5.60 Å². The molecule has 1 aromatic carbocycles. The number of rotatable bonds is 5. The van der Waals surface area contributed by atoms with Crippen LogP contribution in [0.15, 0.2) is 64.2 Å². The Morgan fingerprint density at radius 1 is 1.15 bits per heavy atom. The van der Waals surface area contributed by atoms with Gasteiger partial charge in [-0.15, -0.1) is 0 Å². The van der Waals surface area contributed by atoms with Crippen LogP contribution in [0.1, 0.15) is 52.9 Å². The molecule has 0 amide bonds. The van der Waals surface area contributed by atoms with E-state index in [1.165, 1.54) is 12.3 Å². The third kappa shape index (κ3) is 3.18. The van der Waals surface area contributed by atoms with Gasteiger partial charge in [0.2, 0.25) is 5.56 Å². The van der Waals surface area contributed by atoms with Crippen molar-refractivity contribution in [3.8, 4) is 11.1 Å². The molecule has 6 rings (SSSR count). The van der Waals surface area contributed by atoms with Crippen LogP contribution in [0.5, 0.6) is 0 Å². The number of aliphatic hydroxyl groups is 1. The number of hydrogen-bond donors (Lipinski definition) is 3. The predicted octanol–water partition coefficient (Wildman–Crippen LogP) is 4.08. The fourth-order valence-electron chi connectivity index (χ4n) is 4.66. The van der Waals surface area contributed by atoms with Gasteiger partial charge in [0, 0.05) is 41.1 Å². The molecule has 4 aromatic heterocycles. The normalized spacial score (nSPS) is 15.5. The summed E-state index contributed by atoms with van der Waals surface area (Å²) in [5, 5.41) is 16.6. The Hall–Kier alpha value is -4.04. The summed E-state index contributed by atoms with van der Waals surface area (Å²) in [6.07, 6.45) is 5.36. The Morgan fingerprint density at radius 2 is 2.00 bits per heavy atom. The lowest BCUT2D eigenvalue weighted by Gasteiger charge is -2.29. The van der Waals surface area contributed by atoms with Crippen molar-refractivity contribution in [2.75, 3.05) is 0 Å². The van der Waals surface area contributed by atoms with Gasteiger partial charge < -0.3 is 19.6 Å². The summed E-state index contributed by atoms with van der Waals surface area (Å²) < 4.78 is 5.43. The number of aryl methyl sites for hydroxylation is 2. The van der Waals surface area contributed by atoms with E-state index in [9.17, 15) is 9.90 Å². The van der Waals surface area contributed by atoms with Gasteiger partial charge in [-0.3, -0.25) is 9.78 Å². The average molecular weight is 454 g/mol. The molecule has 34 heavy (non-hydrogen) atoms. The van der Waals surface area contributed by atoms with Crippen LogP contribution >= 0.6 is 0 Å². The van der Waals surface area contributed by atoms with Crippen molar-refractivity contribution < 1.29 is 9.63 Å². The monoisotopic (exact) mass is 453 g/mol. The fraction of sp³-hybridized carbons (Fsp3) is 0.231. The largest absolute Gasteiger partial charge is 0.374 e. The average Bonchev–Trinajstić information content (AvgIpc) is 3.53. The summed E-state index contributed by atoms with van der Waals surface area (Å²) in [6.45, 7) is 3.76. The minimum Gasteiger partial charge on any atom is -0.374 e. The molecule has 1 aliphatic rings. The summed E-state index contributed by atoms with van der Waals surface area (Å²) in [5.74, 6) is 2.01. The molecule has 1 fully saturated rings. The molecule has 8 nitrogen and oxygen atoms in total. The smallest absolute Gasteiger partial charge is 0.247 e. The van der Waals surface area contributed by atoms with Gasteiger partial charge >= 0.3 is 0 Å². The van der Waals surface area contributed by atoms with Crippen molar-refractivity contribution in [2.45, 2.75) is 38.2 Å². The zero-order chi connectivity index (χ0) is 23.4. The zero-order valence-corrected chi connectivity index (χ0v) is 18.8. The molecule has 0 spiro atoms. The van der Waals surface area contributed by atoms with Gasteiger partial charge in [-0.25, -0.2) is 4.98 Å². The molecule has 8 heteroatoms. The number of nitrogens with zero attached hydrogens (tertiary/aromatic N) is 3. The first kappa shape index (κ1) is 20.6. The second kappa shape index (κ2) is 7.50. The quantitative estimate of drug-likeness (QED) is 0.369. The number of fused-ring (bicyclic) bond motifs is 1. The fourth-order valence-corrected chi connectivity index (χ4v) is 4.66. The summed E-state index contributed by atoms with van der Waals surface area (Å²) in [7, 11) is 0. The Balaban J connectivity index is 1.70. The number of imidazole rings is 1. The van der Waals surface area contributed by atoms with Crippen LogP contribution < -0.4 is 5.56 Å². The second-order valence-corrected chi connectivity index (χ2v) is 8.88. The van der Waals surface area contributed by atoms with Crippen molar-refractivity contribution in [1.29, 1.82) is 0 Å². The Labute approximate surface area is 194 Å². The lowest BCUT2D eigenvalue weighted by Crippen LogP contribution is -2.31. The molecule has 0 aliphatic heterocycles. The van der Waals surface area contributed by atoms with Crippen molar-refractivity contribution in [1.82, 2.24) is 25.1 Å². The van der Waals surface area contributed by atoms with E-state index in [1.54, 1.807) is 24.4 Å². The van der Waals surface area contributed by atoms with Gasteiger partial charge in [-0.2, -0.15) is 0 Å². The summed E-state index contributed by atoms with van der Waals surface area (Å²) in [4.78, 5) is 27.4. The Morgan fingerprint density at radius 3 is 2.65 bits per heavy atom. The van der Waals surface area contributed by atoms with Gasteiger partial charge in [0.25, 0.3) is 0 Å². The molecule has 1 atom stereocenters. The summed E-state index contributed by atoms with van der Waals surface area (Å²) in [6, 6.07) is 12.4. The van der Waals surface area contributed by atoms with E-state index in [4.69, 9.17) is 9.51 Å². The number of pyridine rings is 2. The lowest BCUT2D eigenvalue weighted by molar-refractivity contribution is 0.122. The molecule has 5 aromatic rings. The summed E-state index contributed by atoms with van der Waals surface area (Å²) in [5.41, 5.74) is 3.51. The maximum absolute atomic E-state index is 12.5. The van der Waals surface area contributed by atoms with Gasteiger partial charge in [0.05, 0.1) is 22.4 Å². The van der Waals surface area contributed by atoms with Gasteiger partial charge in [0.1, 0.15) is 11.6 Å². The van der Waals surface area contributed by atoms with Crippen LogP contribution in [0, 0.1) is 13.8 Å². The van der Waals surface area contributed by atoms with Crippen molar-refractivity contribution in [2.24, 2.45) is 0 Å². The number of aromatic nitrogens is 5. The van der Waals surface area contributed by atoms with Crippen LogP contribution in [0.4, 0.5) is 0 Å². The van der Waals surface area contributed by atoms with E-state index in [2.05, 4.69) is 20.1 Å². The molecule has 0 saturated heterocycles. The van der Waals surface area contributed by atoms with Crippen molar-refractivity contribution in [3.63, 3.8) is 0 Å². The van der Waals surface area contributed by atoms with Crippen LogP contribution in [-0.2, 0) is 5.60 Å². The van der Waals surface area contributed by atoms with Gasteiger partial charge in [-0.1, -0.05) is 11.2 Å². The number of aromatic amines is 2. The van der Waals surface area contributed by atoms with Gasteiger partial charge in [-0.05, 0) is 62.6 Å². The van der Waals surface area contributed by atoms with Crippen LogP contribution in [0.25, 0.3) is 22.2 Å². The highest BCUT2D eigenvalue weighted by molar-refractivity contribution is 5.88. The van der Waals surface area contributed by atoms with Crippen molar-refractivity contribution >= 4 is 11.0 Å². The molecule has 3 N–H and O–H groups in total. The minimum absolute atomic E-state index is 0.252. The summed E-state index contributed by atoms with van der Waals surface area (Å²) >= 11 is 0. The SMILES string of the molecule is Cc1noc(C)c1-c1cc(C(O)(c2ccc(=O)[nH]c2)c2ccccn2)c2nc(C3CC3)[nH]c2c1. The maximum Gasteiger partial charge on any atom is 0.247 e. The lowest BCUT2D eigenvalue weighted by atomic mass is 9.82. The Kier molecular flexibility index (Phi) is 4.53. The number of benzene rings is 1. The van der Waals surface area contributed by atoms with Gasteiger partial charge in [0.15, 0.2) is 5.60 Å². The van der Waals surface area contributed by atoms with E-state index in [0.29, 0.717) is 34.0 Å². The minimum atomic E-state index is -1.67. The number of H-pyrrole nitrogens is 2. The van der Waals surface area contributed by atoms with E-state index in [0.717, 1.165) is 41.0 Å². The van der Waals surface area contributed by atoms with E-state index in [1.807, 2.05) is 32.0 Å². The first-order chi connectivity index (χ1) is 16.4. The van der Waals surface area contributed by atoms with E-state index in [-0.39, 0.29) is 5.56 Å². The zero-order valence-electron chi connectivity index (χ0n) is 18.8. The van der Waals surface area contributed by atoms with Crippen LogP contribution in [0.3, 0.4) is 0 Å². The van der Waals surface area contributed by atoms with E-state index >= 15 is 0 Å². The highest BCUT2D eigenvalue weighted by Gasteiger charge is 2.39. The molecule has 170 valence electrons. The van der Waals surface area contributed by atoms with Crippen LogP contribution in [0.2, 0.25) is 0 Å². The molecule has 1 aliphatic carbocycles. The highest BCUT2D eigenvalue weighted by Crippen LogP contribution is 2.44.